The molecule has 2 amide bonds. The number of benzene rings is 1. The first-order valence-corrected chi connectivity index (χ1v) is 10.8. The molecule has 2 rings (SSSR count). The van der Waals surface area contributed by atoms with Crippen LogP contribution in [0.2, 0.25) is 0 Å². The summed E-state index contributed by atoms with van der Waals surface area (Å²) in [7, 11) is 1.37. The average molecular weight is 458 g/mol. The smallest absolute Gasteiger partial charge is 0.325 e. The molecule has 0 fully saturated rings. The van der Waals surface area contributed by atoms with Crippen LogP contribution in [0, 0.1) is 5.92 Å². The summed E-state index contributed by atoms with van der Waals surface area (Å²) in [5.74, 6) is -0.940. The van der Waals surface area contributed by atoms with E-state index in [1.165, 1.54) is 19.4 Å². The summed E-state index contributed by atoms with van der Waals surface area (Å²) < 4.78 is 15.8. The van der Waals surface area contributed by atoms with Gasteiger partial charge in [0.2, 0.25) is 0 Å². The number of esters is 1. The van der Waals surface area contributed by atoms with Gasteiger partial charge in [-0.1, -0.05) is 44.2 Å². The van der Waals surface area contributed by atoms with Gasteiger partial charge in [-0.25, -0.2) is 4.98 Å². The average Bonchev–Trinajstić information content (AvgIpc) is 2.83. The highest BCUT2D eigenvalue weighted by molar-refractivity contribution is 5.99. The molecule has 0 atom stereocenters. The van der Waals surface area contributed by atoms with Crippen LogP contribution >= 0.6 is 0 Å². The number of nitrogens with one attached hydrogen (secondary N) is 2. The zero-order valence-corrected chi connectivity index (χ0v) is 19.3. The molecule has 0 saturated heterocycles. The highest BCUT2D eigenvalue weighted by atomic mass is 16.5. The molecular formula is C24H31N3O6. The summed E-state index contributed by atoms with van der Waals surface area (Å²) in [6.45, 7) is 5.64. The van der Waals surface area contributed by atoms with Gasteiger partial charge < -0.3 is 24.8 Å². The van der Waals surface area contributed by atoms with Gasteiger partial charge in [0, 0.05) is 26.0 Å². The number of nitrogens with zero attached hydrogens (tertiary/aromatic N) is 1. The molecule has 2 N–H and O–H groups in total. The number of pyridine rings is 1. The van der Waals surface area contributed by atoms with Crippen molar-refractivity contribution >= 4 is 17.8 Å². The topological polar surface area (TPSA) is 116 Å². The lowest BCUT2D eigenvalue weighted by Gasteiger charge is -2.11. The standard InChI is InChI=1S/C24H31N3O6/c1-17(2)15-32-11-7-10-25-23(29)19-12-20(31-3)22(26-13-19)24(30)27-14-21(28)33-16-18-8-5-4-6-9-18/h4-6,8-9,12-13,17H,7,10-11,14-16H2,1-3H3,(H,25,29)(H,27,30). The third-order valence-electron chi connectivity index (χ3n) is 4.39. The number of carbonyl (C=O) groups excluding carboxylic acids is 3. The van der Waals surface area contributed by atoms with Crippen LogP contribution < -0.4 is 15.4 Å². The van der Waals surface area contributed by atoms with Crippen LogP contribution in [-0.2, 0) is 20.9 Å². The molecule has 0 radical (unpaired) electrons. The van der Waals surface area contributed by atoms with Crippen LogP contribution in [0.3, 0.4) is 0 Å². The fourth-order valence-electron chi connectivity index (χ4n) is 2.72. The molecule has 0 aliphatic heterocycles. The maximum atomic E-state index is 12.4. The van der Waals surface area contributed by atoms with Crippen molar-refractivity contribution in [1.29, 1.82) is 0 Å². The van der Waals surface area contributed by atoms with Crippen molar-refractivity contribution in [2.45, 2.75) is 26.9 Å². The fraction of sp³-hybridized carbons (Fsp3) is 0.417. The Kier molecular flexibility index (Phi) is 10.8. The van der Waals surface area contributed by atoms with Crippen LogP contribution in [0.4, 0.5) is 0 Å². The summed E-state index contributed by atoms with van der Waals surface area (Å²) in [6.07, 6.45) is 1.97. The van der Waals surface area contributed by atoms with E-state index in [1.54, 1.807) is 0 Å². The molecule has 1 heterocycles. The lowest BCUT2D eigenvalue weighted by atomic mass is 10.2. The number of rotatable bonds is 13. The molecule has 33 heavy (non-hydrogen) atoms. The lowest BCUT2D eigenvalue weighted by Crippen LogP contribution is -2.31. The molecule has 1 aromatic heterocycles. The highest BCUT2D eigenvalue weighted by Crippen LogP contribution is 2.17. The number of aromatic nitrogens is 1. The van der Waals surface area contributed by atoms with E-state index in [2.05, 4.69) is 29.5 Å². The van der Waals surface area contributed by atoms with E-state index in [4.69, 9.17) is 14.2 Å². The van der Waals surface area contributed by atoms with E-state index < -0.39 is 11.9 Å². The lowest BCUT2D eigenvalue weighted by molar-refractivity contribution is -0.143. The predicted molar refractivity (Wildman–Crippen MR) is 122 cm³/mol. The van der Waals surface area contributed by atoms with Gasteiger partial charge in [0.15, 0.2) is 11.4 Å². The molecule has 9 nitrogen and oxygen atoms in total. The van der Waals surface area contributed by atoms with Crippen molar-refractivity contribution in [2.24, 2.45) is 5.92 Å². The van der Waals surface area contributed by atoms with Crippen molar-refractivity contribution in [1.82, 2.24) is 15.6 Å². The van der Waals surface area contributed by atoms with E-state index in [9.17, 15) is 14.4 Å². The Morgan fingerprint density at radius 1 is 1.06 bits per heavy atom. The van der Waals surface area contributed by atoms with Crippen LogP contribution in [0.5, 0.6) is 5.75 Å². The van der Waals surface area contributed by atoms with E-state index in [0.29, 0.717) is 32.1 Å². The third-order valence-corrected chi connectivity index (χ3v) is 4.39. The Balaban J connectivity index is 1.81. The summed E-state index contributed by atoms with van der Waals surface area (Å²) in [5.41, 5.74) is 1.07. The first-order valence-electron chi connectivity index (χ1n) is 10.8. The van der Waals surface area contributed by atoms with E-state index >= 15 is 0 Å². The van der Waals surface area contributed by atoms with Crippen molar-refractivity contribution in [3.63, 3.8) is 0 Å². The first kappa shape index (κ1) is 25.8. The van der Waals surface area contributed by atoms with Gasteiger partial charge >= 0.3 is 5.97 Å². The van der Waals surface area contributed by atoms with Crippen LogP contribution in [0.15, 0.2) is 42.6 Å². The SMILES string of the molecule is COc1cc(C(=O)NCCCOCC(C)C)cnc1C(=O)NCC(=O)OCc1ccccc1. The van der Waals surface area contributed by atoms with Crippen LogP contribution in [0.1, 0.15) is 46.7 Å². The zero-order valence-electron chi connectivity index (χ0n) is 19.3. The van der Waals surface area contributed by atoms with Crippen molar-refractivity contribution in [3.8, 4) is 5.75 Å². The van der Waals surface area contributed by atoms with Gasteiger partial charge in [-0.3, -0.25) is 14.4 Å². The van der Waals surface area contributed by atoms with E-state index in [-0.39, 0.29) is 36.1 Å². The first-order chi connectivity index (χ1) is 15.9. The molecule has 0 unspecified atom stereocenters. The molecule has 2 aromatic rings. The summed E-state index contributed by atoms with van der Waals surface area (Å²) >= 11 is 0. The van der Waals surface area contributed by atoms with Gasteiger partial charge in [0.1, 0.15) is 13.2 Å². The fourth-order valence-corrected chi connectivity index (χ4v) is 2.72. The van der Waals surface area contributed by atoms with Gasteiger partial charge in [-0.2, -0.15) is 0 Å². The minimum Gasteiger partial charge on any atom is -0.494 e. The summed E-state index contributed by atoms with van der Waals surface area (Å²) in [6, 6.07) is 10.6. The Morgan fingerprint density at radius 2 is 1.82 bits per heavy atom. The van der Waals surface area contributed by atoms with Crippen LogP contribution in [0.25, 0.3) is 0 Å². The molecule has 0 aliphatic rings. The monoisotopic (exact) mass is 457 g/mol. The normalized spacial score (nSPS) is 10.5. The minimum absolute atomic E-state index is 0.0352. The quantitative estimate of drug-likeness (QED) is 0.350. The number of amides is 2. The zero-order chi connectivity index (χ0) is 24.1. The van der Waals surface area contributed by atoms with Crippen molar-refractivity contribution in [3.05, 3.63) is 59.4 Å². The molecule has 178 valence electrons. The third kappa shape index (κ3) is 9.28. The molecule has 0 saturated carbocycles. The molecule has 0 spiro atoms. The Labute approximate surface area is 193 Å². The van der Waals surface area contributed by atoms with Crippen molar-refractivity contribution in [2.75, 3.05) is 33.4 Å². The predicted octanol–water partition coefficient (Wildman–Crippen LogP) is 2.36. The largest absolute Gasteiger partial charge is 0.494 e. The summed E-state index contributed by atoms with van der Waals surface area (Å²) in [4.78, 5) is 40.7. The Hall–Kier alpha value is -3.46. The van der Waals surface area contributed by atoms with E-state index in [1.807, 2.05) is 30.3 Å². The second-order valence-electron chi connectivity index (χ2n) is 7.68. The number of ether oxygens (including phenoxy) is 3. The highest BCUT2D eigenvalue weighted by Gasteiger charge is 2.18. The van der Waals surface area contributed by atoms with Gasteiger partial charge in [-0.05, 0) is 24.0 Å². The van der Waals surface area contributed by atoms with E-state index in [0.717, 1.165) is 5.56 Å². The Morgan fingerprint density at radius 3 is 2.52 bits per heavy atom. The Bertz CT molecular complexity index is 918. The molecule has 1 aromatic carbocycles. The number of hydrogen-bond donors (Lipinski definition) is 2. The molecule has 0 bridgehead atoms. The van der Waals surface area contributed by atoms with Gasteiger partial charge in [0.25, 0.3) is 11.8 Å². The van der Waals surface area contributed by atoms with Crippen molar-refractivity contribution < 1.29 is 28.6 Å². The molecule has 9 heteroatoms. The maximum absolute atomic E-state index is 12.4. The summed E-state index contributed by atoms with van der Waals surface area (Å²) in [5, 5.41) is 5.23. The molecule has 0 aliphatic carbocycles. The number of carbonyl (C=O) groups is 3. The second-order valence-corrected chi connectivity index (χ2v) is 7.68. The van der Waals surface area contributed by atoms with Gasteiger partial charge in [-0.15, -0.1) is 0 Å². The maximum Gasteiger partial charge on any atom is 0.325 e. The second kappa shape index (κ2) is 13.8. The minimum atomic E-state index is -0.613. The number of hydrogen-bond acceptors (Lipinski definition) is 7. The van der Waals surface area contributed by atoms with Gasteiger partial charge in [0.05, 0.1) is 12.7 Å². The molecular weight excluding hydrogens is 426 g/mol. The number of methoxy groups -OCH3 is 1. The van der Waals surface area contributed by atoms with Crippen LogP contribution in [-0.4, -0.2) is 56.2 Å².